The van der Waals surface area contributed by atoms with Crippen LogP contribution in [0, 0.1) is 0 Å². The summed E-state index contributed by atoms with van der Waals surface area (Å²) in [5.74, 6) is 1.10. The zero-order chi connectivity index (χ0) is 17.8. The Kier molecular flexibility index (Phi) is 5.76. The highest BCUT2D eigenvalue weighted by atomic mass is 79.9. The van der Waals surface area contributed by atoms with E-state index in [4.69, 9.17) is 4.74 Å². The maximum absolute atomic E-state index is 12.9. The van der Waals surface area contributed by atoms with Crippen LogP contribution >= 0.6 is 15.9 Å². The van der Waals surface area contributed by atoms with Crippen LogP contribution in [-0.4, -0.2) is 44.1 Å². The van der Waals surface area contributed by atoms with E-state index in [2.05, 4.69) is 45.5 Å². The van der Waals surface area contributed by atoms with Crippen LogP contribution < -0.4 is 10.1 Å². The Labute approximate surface area is 157 Å². The molecule has 1 saturated heterocycles. The maximum Gasteiger partial charge on any atom is 0.253 e. The Bertz CT molecular complexity index is 715. The fourth-order valence-electron chi connectivity index (χ4n) is 3.45. The fourth-order valence-corrected chi connectivity index (χ4v) is 3.71. The third kappa shape index (κ3) is 4.05. The molecule has 1 aliphatic rings. The molecular formula is C20H23BrN2O2. The van der Waals surface area contributed by atoms with Crippen molar-refractivity contribution < 1.29 is 9.53 Å². The molecule has 0 spiro atoms. The molecule has 0 bridgehead atoms. The first-order valence-electron chi connectivity index (χ1n) is 8.47. The van der Waals surface area contributed by atoms with Gasteiger partial charge in [-0.2, -0.15) is 0 Å². The van der Waals surface area contributed by atoms with Gasteiger partial charge in [-0.05, 0) is 54.9 Å². The van der Waals surface area contributed by atoms with E-state index in [-0.39, 0.29) is 17.9 Å². The van der Waals surface area contributed by atoms with Crippen molar-refractivity contribution in [2.75, 3.05) is 27.2 Å². The number of nitrogens with one attached hydrogen (secondary N) is 1. The summed E-state index contributed by atoms with van der Waals surface area (Å²) >= 11 is 3.49. The zero-order valence-electron chi connectivity index (χ0n) is 14.5. The molecule has 1 N–H and O–H groups in total. The van der Waals surface area contributed by atoms with E-state index in [1.54, 1.807) is 7.11 Å². The van der Waals surface area contributed by atoms with Crippen LogP contribution in [0.2, 0.25) is 0 Å². The molecule has 1 aliphatic heterocycles. The van der Waals surface area contributed by atoms with Crippen LogP contribution in [0.4, 0.5) is 0 Å². The molecule has 25 heavy (non-hydrogen) atoms. The predicted octanol–water partition coefficient (Wildman–Crippen LogP) is 3.68. The van der Waals surface area contributed by atoms with Gasteiger partial charge < -0.3 is 15.0 Å². The van der Waals surface area contributed by atoms with E-state index in [9.17, 15) is 4.79 Å². The van der Waals surface area contributed by atoms with Crippen molar-refractivity contribution in [1.82, 2.24) is 10.2 Å². The predicted molar refractivity (Wildman–Crippen MR) is 103 cm³/mol. The molecule has 0 unspecified atom stereocenters. The summed E-state index contributed by atoms with van der Waals surface area (Å²) in [4.78, 5) is 14.8. The van der Waals surface area contributed by atoms with Crippen molar-refractivity contribution in [2.24, 2.45) is 0 Å². The van der Waals surface area contributed by atoms with E-state index < -0.39 is 0 Å². The standard InChI is InChI=1S/C20H23BrN2O2/c1-23(20(24)15-5-9-17(25-2)10-6-15)19-11-12-22-13-18(19)14-3-7-16(21)8-4-14/h3-10,18-19,22H,11-13H2,1-2H3/t18-,19+/m0/s1. The molecule has 2 atom stereocenters. The number of hydrogen-bond donors (Lipinski definition) is 1. The number of nitrogens with zero attached hydrogens (tertiary/aromatic N) is 1. The molecule has 2 aromatic rings. The number of amides is 1. The molecule has 0 aromatic heterocycles. The number of likely N-dealkylation sites (N-methyl/N-ethyl adjacent to an activating group) is 1. The van der Waals surface area contributed by atoms with Crippen LogP contribution in [0.1, 0.15) is 28.3 Å². The quantitative estimate of drug-likeness (QED) is 0.847. The van der Waals surface area contributed by atoms with Gasteiger partial charge in [-0.15, -0.1) is 0 Å². The van der Waals surface area contributed by atoms with Crippen LogP contribution in [0.3, 0.4) is 0 Å². The van der Waals surface area contributed by atoms with Gasteiger partial charge in [0.25, 0.3) is 5.91 Å². The topological polar surface area (TPSA) is 41.6 Å². The first-order valence-corrected chi connectivity index (χ1v) is 9.27. The highest BCUT2D eigenvalue weighted by molar-refractivity contribution is 9.10. The van der Waals surface area contributed by atoms with Gasteiger partial charge in [0, 0.05) is 35.6 Å². The van der Waals surface area contributed by atoms with E-state index >= 15 is 0 Å². The van der Waals surface area contributed by atoms with Crippen molar-refractivity contribution in [3.05, 3.63) is 64.1 Å². The van der Waals surface area contributed by atoms with Gasteiger partial charge in [0.2, 0.25) is 0 Å². The lowest BCUT2D eigenvalue weighted by atomic mass is 9.86. The van der Waals surface area contributed by atoms with Crippen LogP contribution in [0.15, 0.2) is 53.0 Å². The van der Waals surface area contributed by atoms with Crippen molar-refractivity contribution in [3.8, 4) is 5.75 Å². The monoisotopic (exact) mass is 402 g/mol. The van der Waals surface area contributed by atoms with Gasteiger partial charge in [0.1, 0.15) is 5.75 Å². The zero-order valence-corrected chi connectivity index (χ0v) is 16.1. The largest absolute Gasteiger partial charge is 0.497 e. The minimum Gasteiger partial charge on any atom is -0.497 e. The summed E-state index contributed by atoms with van der Waals surface area (Å²) in [5.41, 5.74) is 1.95. The number of ether oxygens (including phenoxy) is 1. The van der Waals surface area contributed by atoms with Crippen LogP contribution in [-0.2, 0) is 0 Å². The van der Waals surface area contributed by atoms with Gasteiger partial charge in [-0.25, -0.2) is 0 Å². The Balaban J connectivity index is 1.80. The van der Waals surface area contributed by atoms with Gasteiger partial charge in [-0.3, -0.25) is 4.79 Å². The number of carbonyl (C=O) groups is 1. The SMILES string of the molecule is COc1ccc(C(=O)N(C)[C@@H]2CCNC[C@H]2c2ccc(Br)cc2)cc1. The number of methoxy groups -OCH3 is 1. The van der Waals surface area contributed by atoms with Crippen molar-refractivity contribution >= 4 is 21.8 Å². The van der Waals surface area contributed by atoms with E-state index in [0.29, 0.717) is 5.56 Å². The molecule has 4 nitrogen and oxygen atoms in total. The molecule has 5 heteroatoms. The first kappa shape index (κ1) is 18.0. The Morgan fingerprint density at radius 2 is 1.84 bits per heavy atom. The number of benzene rings is 2. The molecule has 1 heterocycles. The summed E-state index contributed by atoms with van der Waals surface area (Å²) in [5, 5.41) is 3.46. The normalized spacial score (nSPS) is 20.1. The molecule has 2 aromatic carbocycles. The van der Waals surface area contributed by atoms with Crippen molar-refractivity contribution in [3.63, 3.8) is 0 Å². The van der Waals surface area contributed by atoms with Gasteiger partial charge in [0.15, 0.2) is 0 Å². The van der Waals surface area contributed by atoms with Gasteiger partial charge in [0.05, 0.1) is 7.11 Å². The van der Waals surface area contributed by atoms with Crippen molar-refractivity contribution in [1.29, 1.82) is 0 Å². The third-order valence-electron chi connectivity index (χ3n) is 4.90. The molecule has 0 saturated carbocycles. The van der Waals surface area contributed by atoms with E-state index in [1.165, 1.54) is 5.56 Å². The first-order chi connectivity index (χ1) is 12.1. The van der Waals surface area contributed by atoms with E-state index in [0.717, 1.165) is 29.7 Å². The minimum atomic E-state index is 0.0525. The Hall–Kier alpha value is -1.85. The lowest BCUT2D eigenvalue weighted by Gasteiger charge is -2.38. The second-order valence-electron chi connectivity index (χ2n) is 6.36. The molecular weight excluding hydrogens is 380 g/mol. The maximum atomic E-state index is 12.9. The number of carbonyl (C=O) groups excluding carboxylic acids is 1. The summed E-state index contributed by atoms with van der Waals surface area (Å²) in [6.45, 7) is 1.81. The summed E-state index contributed by atoms with van der Waals surface area (Å²) in [6, 6.07) is 15.9. The summed E-state index contributed by atoms with van der Waals surface area (Å²) in [6.07, 6.45) is 0.944. The third-order valence-corrected chi connectivity index (χ3v) is 5.43. The number of halogens is 1. The molecule has 0 radical (unpaired) electrons. The highest BCUT2D eigenvalue weighted by Gasteiger charge is 2.32. The highest BCUT2D eigenvalue weighted by Crippen LogP contribution is 2.29. The van der Waals surface area contributed by atoms with Crippen LogP contribution in [0.5, 0.6) is 5.75 Å². The summed E-state index contributed by atoms with van der Waals surface area (Å²) < 4.78 is 6.24. The van der Waals surface area contributed by atoms with E-state index in [1.807, 2.05) is 36.2 Å². The lowest BCUT2D eigenvalue weighted by molar-refractivity contribution is 0.0679. The smallest absolute Gasteiger partial charge is 0.253 e. The van der Waals surface area contributed by atoms with Crippen molar-refractivity contribution in [2.45, 2.75) is 18.4 Å². The second-order valence-corrected chi connectivity index (χ2v) is 7.28. The number of piperidine rings is 1. The molecule has 1 amide bonds. The second kappa shape index (κ2) is 8.02. The molecule has 0 aliphatic carbocycles. The summed E-state index contributed by atoms with van der Waals surface area (Å²) in [7, 11) is 3.54. The molecule has 3 rings (SSSR count). The number of hydrogen-bond acceptors (Lipinski definition) is 3. The van der Waals surface area contributed by atoms with Crippen LogP contribution in [0.25, 0.3) is 0 Å². The average molecular weight is 403 g/mol. The minimum absolute atomic E-state index is 0.0525. The number of rotatable bonds is 4. The van der Waals surface area contributed by atoms with Gasteiger partial charge >= 0.3 is 0 Å². The van der Waals surface area contributed by atoms with Gasteiger partial charge in [-0.1, -0.05) is 28.1 Å². The lowest BCUT2D eigenvalue weighted by Crippen LogP contribution is -2.49. The Morgan fingerprint density at radius 3 is 2.48 bits per heavy atom. The molecule has 132 valence electrons. The average Bonchev–Trinajstić information content (AvgIpc) is 2.67. The molecule has 1 fully saturated rings. The Morgan fingerprint density at radius 1 is 1.16 bits per heavy atom. The fraction of sp³-hybridized carbons (Fsp3) is 0.350.